The van der Waals surface area contributed by atoms with Crippen LogP contribution < -0.4 is 10.6 Å². The van der Waals surface area contributed by atoms with Gasteiger partial charge in [0.1, 0.15) is 5.82 Å². The number of halogens is 2. The molecule has 0 amide bonds. The highest BCUT2D eigenvalue weighted by Gasteiger charge is 2.06. The van der Waals surface area contributed by atoms with E-state index in [-0.39, 0.29) is 9.92 Å². The Kier molecular flexibility index (Phi) is 5.56. The number of hydrogen-bond donors (Lipinski definition) is 2. The Balaban J connectivity index is 1.92. The van der Waals surface area contributed by atoms with Gasteiger partial charge in [-0.25, -0.2) is 12.8 Å². The zero-order valence-electron chi connectivity index (χ0n) is 12.1. The summed E-state index contributed by atoms with van der Waals surface area (Å²) in [5.41, 5.74) is 1.44. The van der Waals surface area contributed by atoms with Crippen LogP contribution >= 0.6 is 23.8 Å². The summed E-state index contributed by atoms with van der Waals surface area (Å²) in [5, 5.41) is 6.22. The average Bonchev–Trinajstić information content (AvgIpc) is 2.48. The van der Waals surface area contributed by atoms with Crippen molar-refractivity contribution in [1.82, 2.24) is 5.32 Å². The molecule has 23 heavy (non-hydrogen) atoms. The molecular weight excluding hydrogens is 359 g/mol. The maximum absolute atomic E-state index is 13.1. The molecule has 0 aromatic heterocycles. The predicted molar refractivity (Wildman–Crippen MR) is 94.0 cm³/mol. The predicted octanol–water partition coefficient (Wildman–Crippen LogP) is 3.37. The van der Waals surface area contributed by atoms with Crippen LogP contribution in [0.2, 0.25) is 5.02 Å². The first-order valence-corrected chi connectivity index (χ1v) is 9.22. The number of thiocarbonyl (C=S) groups is 1. The second-order valence-corrected chi connectivity index (χ2v) is 7.68. The van der Waals surface area contributed by atoms with Crippen LogP contribution in [0, 0.1) is 5.82 Å². The van der Waals surface area contributed by atoms with Crippen molar-refractivity contribution < 1.29 is 12.8 Å². The second kappa shape index (κ2) is 7.25. The smallest absolute Gasteiger partial charge is 0.175 e. The average molecular weight is 373 g/mol. The lowest BCUT2D eigenvalue weighted by Gasteiger charge is -2.11. The molecule has 0 aliphatic carbocycles. The minimum absolute atomic E-state index is 0.00848. The lowest BCUT2D eigenvalue weighted by molar-refractivity contribution is 0.602. The first kappa shape index (κ1) is 17.7. The first-order chi connectivity index (χ1) is 10.8. The van der Waals surface area contributed by atoms with Gasteiger partial charge in [-0.2, -0.15) is 0 Å². The second-order valence-electron chi connectivity index (χ2n) is 4.85. The fraction of sp³-hybridized carbons (Fsp3) is 0.133. The molecule has 0 unspecified atom stereocenters. The summed E-state index contributed by atoms with van der Waals surface area (Å²) >= 11 is 10.8. The SMILES string of the molecule is CS(=O)(=O)c1ccc(CNC(=S)Nc2ccc(F)c(Cl)c2)cc1. The van der Waals surface area contributed by atoms with Gasteiger partial charge in [-0.1, -0.05) is 23.7 Å². The molecular formula is C15H14ClFN2O2S2. The third kappa shape index (κ3) is 5.16. The number of benzene rings is 2. The lowest BCUT2D eigenvalue weighted by Crippen LogP contribution is -2.27. The van der Waals surface area contributed by atoms with Crippen LogP contribution in [0.4, 0.5) is 10.1 Å². The molecule has 2 aromatic carbocycles. The van der Waals surface area contributed by atoms with E-state index >= 15 is 0 Å². The quantitative estimate of drug-likeness (QED) is 0.806. The summed E-state index contributed by atoms with van der Waals surface area (Å²) in [6.07, 6.45) is 1.16. The van der Waals surface area contributed by atoms with Crippen LogP contribution in [0.25, 0.3) is 0 Å². The van der Waals surface area contributed by atoms with Gasteiger partial charge < -0.3 is 10.6 Å². The molecule has 0 atom stereocenters. The molecule has 2 rings (SSSR count). The van der Waals surface area contributed by atoms with Gasteiger partial charge >= 0.3 is 0 Å². The van der Waals surface area contributed by atoms with Crippen LogP contribution in [-0.2, 0) is 16.4 Å². The number of hydrogen-bond acceptors (Lipinski definition) is 3. The van der Waals surface area contributed by atoms with Gasteiger partial charge in [0, 0.05) is 18.5 Å². The molecule has 4 nitrogen and oxygen atoms in total. The largest absolute Gasteiger partial charge is 0.358 e. The fourth-order valence-corrected chi connectivity index (χ4v) is 2.79. The number of nitrogens with one attached hydrogen (secondary N) is 2. The molecule has 0 aliphatic rings. The van der Waals surface area contributed by atoms with Gasteiger partial charge in [0.2, 0.25) is 0 Å². The molecule has 122 valence electrons. The Morgan fingerprint density at radius 3 is 2.43 bits per heavy atom. The van der Waals surface area contributed by atoms with Crippen LogP contribution in [0.5, 0.6) is 0 Å². The minimum Gasteiger partial charge on any atom is -0.358 e. The summed E-state index contributed by atoms with van der Waals surface area (Å²) in [7, 11) is -3.20. The number of rotatable bonds is 4. The van der Waals surface area contributed by atoms with E-state index in [1.54, 1.807) is 24.3 Å². The highest BCUT2D eigenvalue weighted by Crippen LogP contribution is 2.19. The monoisotopic (exact) mass is 372 g/mol. The molecule has 0 radical (unpaired) electrons. The van der Waals surface area contributed by atoms with Crippen LogP contribution in [0.3, 0.4) is 0 Å². The van der Waals surface area contributed by atoms with Crippen molar-refractivity contribution in [3.63, 3.8) is 0 Å². The van der Waals surface area contributed by atoms with E-state index in [0.29, 0.717) is 17.3 Å². The molecule has 2 aromatic rings. The molecule has 0 bridgehead atoms. The van der Waals surface area contributed by atoms with Gasteiger partial charge in [0.25, 0.3) is 0 Å². The van der Waals surface area contributed by atoms with E-state index in [2.05, 4.69) is 10.6 Å². The maximum Gasteiger partial charge on any atom is 0.175 e. The molecule has 0 spiro atoms. The highest BCUT2D eigenvalue weighted by atomic mass is 35.5. The normalized spacial score (nSPS) is 11.1. The van der Waals surface area contributed by atoms with Gasteiger partial charge in [0.15, 0.2) is 14.9 Å². The van der Waals surface area contributed by atoms with Crippen molar-refractivity contribution >= 4 is 44.5 Å². The van der Waals surface area contributed by atoms with Crippen molar-refractivity contribution in [1.29, 1.82) is 0 Å². The fourth-order valence-electron chi connectivity index (χ4n) is 1.79. The Bertz CT molecular complexity index is 824. The first-order valence-electron chi connectivity index (χ1n) is 6.54. The molecule has 0 saturated heterocycles. The van der Waals surface area contributed by atoms with E-state index in [0.717, 1.165) is 11.8 Å². The number of sulfone groups is 1. The third-order valence-corrected chi connectivity index (χ3v) is 4.65. The molecule has 0 aliphatic heterocycles. The third-order valence-electron chi connectivity index (χ3n) is 2.98. The lowest BCUT2D eigenvalue weighted by atomic mass is 10.2. The standard InChI is InChI=1S/C15H14ClFN2O2S2/c1-23(20,21)12-5-2-10(3-6-12)9-18-15(22)19-11-4-7-14(17)13(16)8-11/h2-8H,9H2,1H3,(H2,18,19,22). The maximum atomic E-state index is 13.1. The summed E-state index contributed by atoms with van der Waals surface area (Å²) < 4.78 is 35.8. The van der Waals surface area contributed by atoms with E-state index in [1.807, 2.05) is 0 Å². The number of anilines is 1. The molecule has 2 N–H and O–H groups in total. The van der Waals surface area contributed by atoms with Crippen molar-refractivity contribution in [2.75, 3.05) is 11.6 Å². The van der Waals surface area contributed by atoms with E-state index < -0.39 is 15.7 Å². The summed E-state index contributed by atoms with van der Waals surface area (Å²) in [4.78, 5) is 0.267. The Labute approximate surface area is 144 Å². The summed E-state index contributed by atoms with van der Waals surface area (Å²) in [6.45, 7) is 0.421. The van der Waals surface area contributed by atoms with Gasteiger partial charge in [-0.3, -0.25) is 0 Å². The van der Waals surface area contributed by atoms with Gasteiger partial charge in [-0.15, -0.1) is 0 Å². The zero-order valence-corrected chi connectivity index (χ0v) is 14.5. The molecule has 8 heteroatoms. The summed E-state index contributed by atoms with van der Waals surface area (Å²) in [6, 6.07) is 10.7. The van der Waals surface area contributed by atoms with Crippen molar-refractivity contribution in [3.8, 4) is 0 Å². The van der Waals surface area contributed by atoms with Gasteiger partial charge in [0.05, 0.1) is 9.92 Å². The van der Waals surface area contributed by atoms with Crippen LogP contribution in [0.1, 0.15) is 5.56 Å². The molecule has 0 fully saturated rings. The molecule has 0 heterocycles. The minimum atomic E-state index is -3.20. The van der Waals surface area contributed by atoms with Gasteiger partial charge in [-0.05, 0) is 48.1 Å². The van der Waals surface area contributed by atoms with Crippen LogP contribution in [-0.4, -0.2) is 19.8 Å². The molecule has 0 saturated carbocycles. The Morgan fingerprint density at radius 1 is 1.22 bits per heavy atom. The van der Waals surface area contributed by atoms with E-state index in [1.165, 1.54) is 18.2 Å². The Hall–Kier alpha value is -1.70. The van der Waals surface area contributed by atoms with E-state index in [4.69, 9.17) is 23.8 Å². The van der Waals surface area contributed by atoms with Crippen LogP contribution in [0.15, 0.2) is 47.4 Å². The highest BCUT2D eigenvalue weighted by molar-refractivity contribution is 7.90. The van der Waals surface area contributed by atoms with Crippen molar-refractivity contribution in [2.24, 2.45) is 0 Å². The topological polar surface area (TPSA) is 58.2 Å². The zero-order chi connectivity index (χ0) is 17.0. The Morgan fingerprint density at radius 2 is 1.87 bits per heavy atom. The van der Waals surface area contributed by atoms with E-state index in [9.17, 15) is 12.8 Å². The van der Waals surface area contributed by atoms with Crippen molar-refractivity contribution in [3.05, 3.63) is 58.9 Å². The summed E-state index contributed by atoms with van der Waals surface area (Å²) in [5.74, 6) is -0.498. The van der Waals surface area contributed by atoms with Crippen molar-refractivity contribution in [2.45, 2.75) is 11.4 Å².